The molecule has 0 bridgehead atoms. The molecular formula is C13H16N4O3. The number of primary amides is 1. The summed E-state index contributed by atoms with van der Waals surface area (Å²) in [5.41, 5.74) is 7.08. The maximum atomic E-state index is 12.3. The van der Waals surface area contributed by atoms with Crippen molar-refractivity contribution in [1.29, 1.82) is 0 Å². The molecule has 1 aliphatic rings. The number of H-pyrrole nitrogens is 1. The number of nitrogens with zero attached hydrogens (tertiary/aromatic N) is 1. The minimum absolute atomic E-state index is 0.0725. The van der Waals surface area contributed by atoms with Crippen LogP contribution in [0.4, 0.5) is 4.79 Å². The van der Waals surface area contributed by atoms with Gasteiger partial charge in [0.05, 0.1) is 5.52 Å². The van der Waals surface area contributed by atoms with Gasteiger partial charge >= 0.3 is 6.03 Å². The number of carbonyl (C=O) groups is 2. The Balaban J connectivity index is 1.72. The van der Waals surface area contributed by atoms with Gasteiger partial charge in [-0.15, -0.1) is 0 Å². The Bertz CT molecular complexity index is 641. The number of aromatic amines is 1. The van der Waals surface area contributed by atoms with E-state index in [0.717, 1.165) is 11.3 Å². The number of hydrogen-bond acceptors (Lipinski definition) is 3. The number of fused-ring (bicyclic) bond motifs is 1. The molecule has 4 N–H and O–H groups in total. The van der Waals surface area contributed by atoms with Crippen LogP contribution in [0.25, 0.3) is 11.1 Å². The normalized spacial score (nSPS) is 18.6. The molecule has 20 heavy (non-hydrogen) atoms. The number of carbonyl (C=O) groups excluding carboxylic acids is 2. The van der Waals surface area contributed by atoms with Crippen LogP contribution in [0.1, 0.15) is 22.7 Å². The SMILES string of the molecule is Cc1cc2[nH]c(C(=O)N3CCC(NC(N)=O)C3)cc2o1. The summed E-state index contributed by atoms with van der Waals surface area (Å²) in [6, 6.07) is 2.93. The number of aryl methyl sites for hydroxylation is 1. The molecule has 0 spiro atoms. The maximum Gasteiger partial charge on any atom is 0.312 e. The van der Waals surface area contributed by atoms with E-state index in [1.165, 1.54) is 0 Å². The van der Waals surface area contributed by atoms with Crippen LogP contribution >= 0.6 is 0 Å². The fourth-order valence-corrected chi connectivity index (χ4v) is 2.60. The van der Waals surface area contributed by atoms with E-state index >= 15 is 0 Å². The predicted molar refractivity (Wildman–Crippen MR) is 72.3 cm³/mol. The van der Waals surface area contributed by atoms with Crippen molar-refractivity contribution in [1.82, 2.24) is 15.2 Å². The predicted octanol–water partition coefficient (Wildman–Crippen LogP) is 0.952. The van der Waals surface area contributed by atoms with Gasteiger partial charge in [0.2, 0.25) is 0 Å². The fraction of sp³-hybridized carbons (Fsp3) is 0.385. The van der Waals surface area contributed by atoms with Crippen molar-refractivity contribution < 1.29 is 14.0 Å². The average Bonchev–Trinajstić information content (AvgIpc) is 3.01. The van der Waals surface area contributed by atoms with Crippen molar-refractivity contribution >= 4 is 23.0 Å². The molecular weight excluding hydrogens is 260 g/mol. The molecule has 0 radical (unpaired) electrons. The molecule has 3 amide bonds. The number of nitrogens with two attached hydrogens (primary N) is 1. The summed E-state index contributed by atoms with van der Waals surface area (Å²) >= 11 is 0. The minimum atomic E-state index is -0.558. The lowest BCUT2D eigenvalue weighted by Gasteiger charge is -2.15. The Hall–Kier alpha value is -2.44. The summed E-state index contributed by atoms with van der Waals surface area (Å²) in [5.74, 6) is 0.708. The van der Waals surface area contributed by atoms with Crippen molar-refractivity contribution in [3.63, 3.8) is 0 Å². The Morgan fingerprint density at radius 2 is 2.30 bits per heavy atom. The van der Waals surface area contributed by atoms with Gasteiger partial charge in [-0.1, -0.05) is 0 Å². The van der Waals surface area contributed by atoms with E-state index in [1.807, 2.05) is 13.0 Å². The minimum Gasteiger partial charge on any atom is -0.460 e. The van der Waals surface area contributed by atoms with Gasteiger partial charge < -0.3 is 25.4 Å². The van der Waals surface area contributed by atoms with Gasteiger partial charge in [-0.25, -0.2) is 4.79 Å². The number of likely N-dealkylation sites (tertiary alicyclic amines) is 1. The zero-order valence-electron chi connectivity index (χ0n) is 11.1. The lowest BCUT2D eigenvalue weighted by molar-refractivity contribution is 0.0784. The molecule has 106 valence electrons. The topological polar surface area (TPSA) is 104 Å². The third kappa shape index (κ3) is 2.22. The summed E-state index contributed by atoms with van der Waals surface area (Å²) in [4.78, 5) is 27.9. The Kier molecular flexibility index (Phi) is 2.89. The summed E-state index contributed by atoms with van der Waals surface area (Å²) in [6.45, 7) is 2.93. The molecule has 1 atom stereocenters. The molecule has 1 aliphatic heterocycles. The Morgan fingerprint density at radius 1 is 1.50 bits per heavy atom. The molecule has 0 saturated carbocycles. The molecule has 3 rings (SSSR count). The van der Waals surface area contributed by atoms with Gasteiger partial charge in [0.15, 0.2) is 5.58 Å². The van der Waals surface area contributed by atoms with Crippen LogP contribution < -0.4 is 11.1 Å². The molecule has 7 heteroatoms. The number of urea groups is 1. The third-order valence-corrected chi connectivity index (χ3v) is 3.48. The van der Waals surface area contributed by atoms with E-state index in [1.54, 1.807) is 11.0 Å². The first-order valence-corrected chi connectivity index (χ1v) is 6.47. The maximum absolute atomic E-state index is 12.3. The quantitative estimate of drug-likeness (QED) is 0.760. The molecule has 0 aliphatic carbocycles. The monoisotopic (exact) mass is 276 g/mol. The lowest BCUT2D eigenvalue weighted by atomic mass is 10.3. The highest BCUT2D eigenvalue weighted by molar-refractivity contribution is 5.97. The van der Waals surface area contributed by atoms with Crippen molar-refractivity contribution in [3.05, 3.63) is 23.6 Å². The second kappa shape index (κ2) is 4.59. The highest BCUT2D eigenvalue weighted by atomic mass is 16.3. The number of amides is 3. The molecule has 1 fully saturated rings. The van der Waals surface area contributed by atoms with E-state index in [0.29, 0.717) is 30.8 Å². The lowest BCUT2D eigenvalue weighted by Crippen LogP contribution is -2.41. The van der Waals surface area contributed by atoms with Crippen molar-refractivity contribution in [2.45, 2.75) is 19.4 Å². The summed E-state index contributed by atoms with van der Waals surface area (Å²) in [7, 11) is 0. The van der Waals surface area contributed by atoms with Gasteiger partial charge in [-0.3, -0.25) is 4.79 Å². The van der Waals surface area contributed by atoms with Crippen molar-refractivity contribution in [2.75, 3.05) is 13.1 Å². The highest BCUT2D eigenvalue weighted by Gasteiger charge is 2.28. The number of furan rings is 1. The first-order chi connectivity index (χ1) is 9.52. The van der Waals surface area contributed by atoms with Crippen LogP contribution in [-0.2, 0) is 0 Å². The van der Waals surface area contributed by atoms with Crippen LogP contribution in [0, 0.1) is 6.92 Å². The van der Waals surface area contributed by atoms with Gasteiger partial charge in [-0.2, -0.15) is 0 Å². The van der Waals surface area contributed by atoms with E-state index < -0.39 is 6.03 Å². The van der Waals surface area contributed by atoms with Gasteiger partial charge in [0.25, 0.3) is 5.91 Å². The van der Waals surface area contributed by atoms with E-state index in [-0.39, 0.29) is 11.9 Å². The smallest absolute Gasteiger partial charge is 0.312 e. The Labute approximate surface area is 115 Å². The molecule has 7 nitrogen and oxygen atoms in total. The number of nitrogens with one attached hydrogen (secondary N) is 2. The third-order valence-electron chi connectivity index (χ3n) is 3.48. The fourth-order valence-electron chi connectivity index (χ4n) is 2.60. The standard InChI is InChI=1S/C13H16N4O3/c1-7-4-9-11(20-7)5-10(16-9)12(18)17-3-2-8(6-17)15-13(14)19/h4-5,8,16H,2-3,6H2,1H3,(H3,14,15,19). The first kappa shape index (κ1) is 12.6. The average molecular weight is 276 g/mol. The molecule has 1 unspecified atom stereocenters. The zero-order valence-corrected chi connectivity index (χ0v) is 11.1. The van der Waals surface area contributed by atoms with Gasteiger partial charge in [0.1, 0.15) is 11.5 Å². The van der Waals surface area contributed by atoms with Crippen molar-refractivity contribution in [2.24, 2.45) is 5.73 Å². The second-order valence-electron chi connectivity index (χ2n) is 5.06. The van der Waals surface area contributed by atoms with Crippen LogP contribution in [0.2, 0.25) is 0 Å². The second-order valence-corrected chi connectivity index (χ2v) is 5.06. The van der Waals surface area contributed by atoms with E-state index in [4.69, 9.17) is 10.2 Å². The number of aromatic nitrogens is 1. The number of hydrogen-bond donors (Lipinski definition) is 3. The molecule has 2 aromatic heterocycles. The van der Waals surface area contributed by atoms with Crippen molar-refractivity contribution in [3.8, 4) is 0 Å². The highest BCUT2D eigenvalue weighted by Crippen LogP contribution is 2.21. The Morgan fingerprint density at radius 3 is 3.00 bits per heavy atom. The van der Waals surface area contributed by atoms with Gasteiger partial charge in [0, 0.05) is 31.3 Å². The largest absolute Gasteiger partial charge is 0.460 e. The molecule has 3 heterocycles. The van der Waals surface area contributed by atoms with Crippen LogP contribution in [0.5, 0.6) is 0 Å². The first-order valence-electron chi connectivity index (χ1n) is 6.47. The van der Waals surface area contributed by atoms with Crippen LogP contribution in [0.3, 0.4) is 0 Å². The number of rotatable bonds is 2. The van der Waals surface area contributed by atoms with Crippen LogP contribution in [0.15, 0.2) is 16.5 Å². The van der Waals surface area contributed by atoms with E-state index in [2.05, 4.69) is 10.3 Å². The van der Waals surface area contributed by atoms with E-state index in [9.17, 15) is 9.59 Å². The molecule has 1 saturated heterocycles. The zero-order chi connectivity index (χ0) is 14.3. The summed E-state index contributed by atoms with van der Waals surface area (Å²) in [6.07, 6.45) is 0.713. The summed E-state index contributed by atoms with van der Waals surface area (Å²) in [5, 5.41) is 2.62. The molecule has 2 aromatic rings. The van der Waals surface area contributed by atoms with Gasteiger partial charge in [-0.05, 0) is 13.3 Å². The molecule has 0 aromatic carbocycles. The van der Waals surface area contributed by atoms with Crippen LogP contribution in [-0.4, -0.2) is 41.0 Å². The summed E-state index contributed by atoms with van der Waals surface area (Å²) < 4.78 is 5.46.